The van der Waals surface area contributed by atoms with Crippen molar-refractivity contribution in [3.05, 3.63) is 57.4 Å². The topological polar surface area (TPSA) is 62.2 Å². The van der Waals surface area contributed by atoms with Crippen molar-refractivity contribution in [2.24, 2.45) is 0 Å². The largest absolute Gasteiger partial charge is 0.507 e. The highest BCUT2D eigenvalue weighted by molar-refractivity contribution is 14.1. The molecule has 0 fully saturated rings. The van der Waals surface area contributed by atoms with E-state index in [1.165, 1.54) is 6.07 Å². The summed E-state index contributed by atoms with van der Waals surface area (Å²) in [5, 5.41) is 12.4. The van der Waals surface area contributed by atoms with E-state index >= 15 is 0 Å². The van der Waals surface area contributed by atoms with Crippen LogP contribution in [-0.2, 0) is 6.42 Å². The molecule has 1 aromatic heterocycles. The molecule has 98 valence electrons. The molecule has 0 atom stereocenters. The average Bonchev–Trinajstić information content (AvgIpc) is 2.43. The van der Waals surface area contributed by atoms with Crippen molar-refractivity contribution in [1.29, 1.82) is 0 Å². The Balaban J connectivity index is 1.89. The molecule has 0 aliphatic carbocycles. The number of benzene rings is 1. The second-order valence-electron chi connectivity index (χ2n) is 4.03. The maximum Gasteiger partial charge on any atom is 0.251 e. The summed E-state index contributed by atoms with van der Waals surface area (Å²) < 4.78 is 0.728. The van der Waals surface area contributed by atoms with Crippen molar-refractivity contribution in [2.45, 2.75) is 6.42 Å². The van der Waals surface area contributed by atoms with Crippen molar-refractivity contribution in [3.8, 4) is 5.75 Å². The Labute approximate surface area is 125 Å². The van der Waals surface area contributed by atoms with Gasteiger partial charge in [-0.25, -0.2) is 0 Å². The molecule has 1 amide bonds. The van der Waals surface area contributed by atoms with Crippen LogP contribution in [0.15, 0.2) is 42.7 Å². The van der Waals surface area contributed by atoms with Crippen LogP contribution < -0.4 is 5.32 Å². The number of carbonyl (C=O) groups excluding carboxylic acids is 1. The van der Waals surface area contributed by atoms with Crippen LogP contribution >= 0.6 is 22.6 Å². The van der Waals surface area contributed by atoms with Crippen LogP contribution in [0.5, 0.6) is 5.75 Å². The number of nitrogens with zero attached hydrogens (tertiary/aromatic N) is 1. The number of aromatic nitrogens is 1. The monoisotopic (exact) mass is 368 g/mol. The van der Waals surface area contributed by atoms with E-state index in [-0.39, 0.29) is 11.7 Å². The van der Waals surface area contributed by atoms with E-state index in [0.717, 1.165) is 15.6 Å². The van der Waals surface area contributed by atoms with Crippen molar-refractivity contribution < 1.29 is 9.90 Å². The first-order chi connectivity index (χ1) is 9.16. The molecule has 2 N–H and O–H groups in total. The van der Waals surface area contributed by atoms with E-state index in [0.29, 0.717) is 12.1 Å². The van der Waals surface area contributed by atoms with E-state index in [9.17, 15) is 9.90 Å². The minimum absolute atomic E-state index is 0.127. The number of pyridine rings is 1. The van der Waals surface area contributed by atoms with Gasteiger partial charge in [-0.05, 0) is 64.9 Å². The molecule has 19 heavy (non-hydrogen) atoms. The molecule has 0 radical (unpaired) electrons. The maximum absolute atomic E-state index is 11.9. The van der Waals surface area contributed by atoms with Gasteiger partial charge in [0, 0.05) is 24.5 Å². The lowest BCUT2D eigenvalue weighted by Crippen LogP contribution is -2.25. The number of aromatic hydroxyl groups is 1. The first-order valence-electron chi connectivity index (χ1n) is 5.82. The third-order valence-electron chi connectivity index (χ3n) is 2.66. The Bertz CT molecular complexity index is 573. The van der Waals surface area contributed by atoms with Crippen LogP contribution in [0.2, 0.25) is 0 Å². The molecule has 0 saturated heterocycles. The van der Waals surface area contributed by atoms with Crippen LogP contribution in [0.1, 0.15) is 15.9 Å². The van der Waals surface area contributed by atoms with Gasteiger partial charge in [-0.15, -0.1) is 0 Å². The highest BCUT2D eigenvalue weighted by atomic mass is 127. The van der Waals surface area contributed by atoms with Gasteiger partial charge in [0.15, 0.2) is 0 Å². The first kappa shape index (κ1) is 13.8. The fourth-order valence-corrected chi connectivity index (χ4v) is 1.96. The van der Waals surface area contributed by atoms with Gasteiger partial charge in [-0.3, -0.25) is 9.78 Å². The van der Waals surface area contributed by atoms with Gasteiger partial charge in [0.25, 0.3) is 5.91 Å². The van der Waals surface area contributed by atoms with Crippen molar-refractivity contribution in [3.63, 3.8) is 0 Å². The van der Waals surface area contributed by atoms with E-state index in [4.69, 9.17) is 0 Å². The van der Waals surface area contributed by atoms with Crippen molar-refractivity contribution in [1.82, 2.24) is 10.3 Å². The van der Waals surface area contributed by atoms with Gasteiger partial charge in [0.05, 0.1) is 3.57 Å². The lowest BCUT2D eigenvalue weighted by Gasteiger charge is -2.06. The molecular weight excluding hydrogens is 355 g/mol. The van der Waals surface area contributed by atoms with Crippen LogP contribution in [-0.4, -0.2) is 22.5 Å². The van der Waals surface area contributed by atoms with Crippen molar-refractivity contribution >= 4 is 28.5 Å². The summed E-state index contributed by atoms with van der Waals surface area (Å²) in [5.74, 6) is -0.0526. The Morgan fingerprint density at radius 2 is 2.00 bits per heavy atom. The number of amides is 1. The Hall–Kier alpha value is -1.63. The fraction of sp³-hybridized carbons (Fsp3) is 0.143. The van der Waals surface area contributed by atoms with Crippen LogP contribution in [0, 0.1) is 3.57 Å². The van der Waals surface area contributed by atoms with Gasteiger partial charge in [-0.1, -0.05) is 0 Å². The number of rotatable bonds is 4. The molecule has 1 heterocycles. The molecule has 0 unspecified atom stereocenters. The summed E-state index contributed by atoms with van der Waals surface area (Å²) in [6.07, 6.45) is 4.22. The van der Waals surface area contributed by atoms with Gasteiger partial charge in [0.2, 0.25) is 0 Å². The molecule has 0 aliphatic heterocycles. The Kier molecular flexibility index (Phi) is 4.73. The second-order valence-corrected chi connectivity index (χ2v) is 5.19. The Morgan fingerprint density at radius 1 is 1.26 bits per heavy atom. The summed E-state index contributed by atoms with van der Waals surface area (Å²) in [5.41, 5.74) is 1.59. The van der Waals surface area contributed by atoms with Gasteiger partial charge < -0.3 is 10.4 Å². The first-order valence-corrected chi connectivity index (χ1v) is 6.90. The predicted octanol–water partition coefficient (Wildman–Crippen LogP) is 2.36. The third kappa shape index (κ3) is 3.92. The van der Waals surface area contributed by atoms with E-state index in [1.807, 2.05) is 34.7 Å². The summed E-state index contributed by atoms with van der Waals surface area (Å²) in [7, 11) is 0. The summed E-state index contributed by atoms with van der Waals surface area (Å²) in [6.45, 7) is 0.551. The molecule has 0 bridgehead atoms. The lowest BCUT2D eigenvalue weighted by molar-refractivity contribution is 0.0953. The maximum atomic E-state index is 11.9. The smallest absolute Gasteiger partial charge is 0.251 e. The summed E-state index contributed by atoms with van der Waals surface area (Å²) in [6, 6.07) is 8.73. The standard InChI is InChI=1S/C14H13IN2O2/c15-12-2-1-11(9-13(12)18)14(19)17-8-5-10-3-6-16-7-4-10/h1-4,6-7,9,18H,5,8H2,(H,17,19). The SMILES string of the molecule is O=C(NCCc1ccncc1)c1ccc(I)c(O)c1. The molecular formula is C14H13IN2O2. The normalized spacial score (nSPS) is 10.2. The van der Waals surface area contributed by atoms with Gasteiger partial charge in [-0.2, -0.15) is 0 Å². The van der Waals surface area contributed by atoms with E-state index < -0.39 is 0 Å². The zero-order chi connectivity index (χ0) is 13.7. The number of hydrogen-bond donors (Lipinski definition) is 2. The van der Waals surface area contributed by atoms with Crippen molar-refractivity contribution in [2.75, 3.05) is 6.54 Å². The zero-order valence-corrected chi connectivity index (χ0v) is 12.3. The number of carbonyl (C=O) groups is 1. The molecule has 1 aromatic carbocycles. The van der Waals surface area contributed by atoms with Crippen LogP contribution in [0.25, 0.3) is 0 Å². The second kappa shape index (κ2) is 6.51. The summed E-state index contributed by atoms with van der Waals surface area (Å²) >= 11 is 2.01. The average molecular weight is 368 g/mol. The van der Waals surface area contributed by atoms with Crippen LogP contribution in [0.3, 0.4) is 0 Å². The number of phenols is 1. The highest BCUT2D eigenvalue weighted by Crippen LogP contribution is 2.20. The third-order valence-corrected chi connectivity index (χ3v) is 3.57. The summed E-state index contributed by atoms with van der Waals surface area (Å²) in [4.78, 5) is 15.8. The minimum Gasteiger partial charge on any atom is -0.507 e. The van der Waals surface area contributed by atoms with Gasteiger partial charge in [0.1, 0.15) is 5.75 Å². The van der Waals surface area contributed by atoms with E-state index in [1.54, 1.807) is 24.5 Å². The molecule has 2 rings (SSSR count). The fourth-order valence-electron chi connectivity index (χ4n) is 1.63. The van der Waals surface area contributed by atoms with Gasteiger partial charge >= 0.3 is 0 Å². The van der Waals surface area contributed by atoms with Crippen LogP contribution in [0.4, 0.5) is 0 Å². The number of hydrogen-bond acceptors (Lipinski definition) is 3. The number of halogens is 1. The quantitative estimate of drug-likeness (QED) is 0.815. The number of phenolic OH excluding ortho intramolecular Hbond substituents is 1. The molecule has 0 aliphatic rings. The zero-order valence-electron chi connectivity index (χ0n) is 10.1. The molecule has 4 nitrogen and oxygen atoms in total. The highest BCUT2D eigenvalue weighted by Gasteiger charge is 2.07. The lowest BCUT2D eigenvalue weighted by atomic mass is 10.2. The Morgan fingerprint density at radius 3 is 2.68 bits per heavy atom. The molecule has 0 spiro atoms. The number of nitrogens with one attached hydrogen (secondary N) is 1. The predicted molar refractivity (Wildman–Crippen MR) is 81.1 cm³/mol. The van der Waals surface area contributed by atoms with E-state index in [2.05, 4.69) is 10.3 Å². The molecule has 5 heteroatoms. The molecule has 0 saturated carbocycles. The molecule has 2 aromatic rings. The minimum atomic E-state index is -0.180.